The number of nitrogens with two attached hydrogens (primary N) is 1. The Bertz CT molecular complexity index is 479. The minimum absolute atomic E-state index is 0. The van der Waals surface area contributed by atoms with Crippen LogP contribution in [-0.2, 0) is 11.3 Å². The molecule has 6 heteroatoms. The van der Waals surface area contributed by atoms with Crippen molar-refractivity contribution in [3.05, 3.63) is 21.9 Å². The number of hydrogen-bond donors (Lipinski definition) is 1. The zero-order chi connectivity index (χ0) is 13.4. The molecular formula is C14H21ClN2O2S. The van der Waals surface area contributed by atoms with E-state index in [2.05, 4.69) is 0 Å². The Balaban J connectivity index is 0.00000147. The fourth-order valence-corrected chi connectivity index (χ4v) is 4.29. The van der Waals surface area contributed by atoms with Gasteiger partial charge in [-0.3, -0.25) is 4.79 Å². The number of ether oxygens (including phenoxy) is 1. The number of rotatable bonds is 3. The normalized spacial score (nSPS) is 28.3. The largest absolute Gasteiger partial charge is 0.380 e. The Kier molecular flexibility index (Phi) is 5.07. The van der Waals surface area contributed by atoms with Gasteiger partial charge in [-0.1, -0.05) is 0 Å². The van der Waals surface area contributed by atoms with E-state index in [4.69, 9.17) is 10.5 Å². The van der Waals surface area contributed by atoms with Gasteiger partial charge in [-0.2, -0.15) is 0 Å². The number of nitrogens with zero attached hydrogens (tertiary/aromatic N) is 1. The maximum Gasteiger partial charge on any atom is 0.264 e. The number of likely N-dealkylation sites (tertiary alicyclic amines) is 1. The molecule has 20 heavy (non-hydrogen) atoms. The molecule has 0 spiro atoms. The fraction of sp³-hybridized carbons (Fsp3) is 0.643. The topological polar surface area (TPSA) is 55.6 Å². The summed E-state index contributed by atoms with van der Waals surface area (Å²) in [4.78, 5) is 15.4. The SMILES string of the molecule is COCc1ccsc1C(=O)N1CC2CCC(N)C2C1.Cl. The minimum atomic E-state index is 0. The predicted octanol–water partition coefficient (Wildman–Crippen LogP) is 2.13. The highest BCUT2D eigenvalue weighted by Crippen LogP contribution is 2.38. The summed E-state index contributed by atoms with van der Waals surface area (Å²) in [5, 5.41) is 1.96. The van der Waals surface area contributed by atoms with Gasteiger partial charge >= 0.3 is 0 Å². The Labute approximate surface area is 129 Å². The Morgan fingerprint density at radius 2 is 2.30 bits per heavy atom. The van der Waals surface area contributed by atoms with Crippen molar-refractivity contribution in [2.45, 2.75) is 25.5 Å². The Hall–Kier alpha value is -0.620. The van der Waals surface area contributed by atoms with Gasteiger partial charge in [-0.25, -0.2) is 0 Å². The van der Waals surface area contributed by atoms with Crippen molar-refractivity contribution in [1.29, 1.82) is 0 Å². The third-order valence-electron chi connectivity index (χ3n) is 4.44. The average Bonchev–Trinajstić information content (AvgIpc) is 3.07. The van der Waals surface area contributed by atoms with Crippen molar-refractivity contribution >= 4 is 29.7 Å². The van der Waals surface area contributed by atoms with Gasteiger partial charge in [0.2, 0.25) is 0 Å². The van der Waals surface area contributed by atoms with Crippen LogP contribution in [0.5, 0.6) is 0 Å². The molecule has 1 saturated carbocycles. The second-order valence-corrected chi connectivity index (χ2v) is 6.50. The molecule has 2 N–H and O–H groups in total. The number of amides is 1. The van der Waals surface area contributed by atoms with Gasteiger partial charge < -0.3 is 15.4 Å². The average molecular weight is 317 g/mol. The van der Waals surface area contributed by atoms with Crippen LogP contribution in [0.1, 0.15) is 28.1 Å². The van der Waals surface area contributed by atoms with E-state index < -0.39 is 0 Å². The van der Waals surface area contributed by atoms with Gasteiger partial charge in [0.05, 0.1) is 11.5 Å². The van der Waals surface area contributed by atoms with Crippen molar-refractivity contribution in [3.63, 3.8) is 0 Å². The number of carbonyl (C=O) groups is 1. The molecule has 1 saturated heterocycles. The highest BCUT2D eigenvalue weighted by molar-refractivity contribution is 7.12. The van der Waals surface area contributed by atoms with Crippen LogP contribution in [0, 0.1) is 11.8 Å². The van der Waals surface area contributed by atoms with Crippen LogP contribution < -0.4 is 5.73 Å². The van der Waals surface area contributed by atoms with E-state index in [0.717, 1.165) is 30.0 Å². The molecule has 4 nitrogen and oxygen atoms in total. The first-order valence-electron chi connectivity index (χ1n) is 6.81. The molecule has 1 aliphatic heterocycles. The van der Waals surface area contributed by atoms with Gasteiger partial charge in [0.25, 0.3) is 5.91 Å². The lowest BCUT2D eigenvalue weighted by molar-refractivity contribution is 0.0780. The highest BCUT2D eigenvalue weighted by Gasteiger charge is 2.42. The summed E-state index contributed by atoms with van der Waals surface area (Å²) < 4.78 is 5.15. The number of hydrogen-bond acceptors (Lipinski definition) is 4. The molecule has 2 aliphatic rings. The van der Waals surface area contributed by atoms with Crippen LogP contribution in [0.25, 0.3) is 0 Å². The van der Waals surface area contributed by atoms with Crippen molar-refractivity contribution in [1.82, 2.24) is 4.90 Å². The molecule has 0 aromatic carbocycles. The van der Waals surface area contributed by atoms with Crippen LogP contribution in [-0.4, -0.2) is 37.0 Å². The molecule has 3 rings (SSSR count). The van der Waals surface area contributed by atoms with E-state index >= 15 is 0 Å². The van der Waals surface area contributed by atoms with Crippen molar-refractivity contribution < 1.29 is 9.53 Å². The van der Waals surface area contributed by atoms with Crippen LogP contribution in [0.3, 0.4) is 0 Å². The molecule has 3 unspecified atom stereocenters. The first kappa shape index (κ1) is 15.8. The van der Waals surface area contributed by atoms with E-state index in [1.807, 2.05) is 16.3 Å². The van der Waals surface area contributed by atoms with Crippen LogP contribution in [0.4, 0.5) is 0 Å². The Morgan fingerprint density at radius 1 is 1.50 bits per heavy atom. The van der Waals surface area contributed by atoms with Crippen molar-refractivity contribution in [2.75, 3.05) is 20.2 Å². The van der Waals surface area contributed by atoms with E-state index in [9.17, 15) is 4.79 Å². The predicted molar refractivity (Wildman–Crippen MR) is 82.4 cm³/mol. The smallest absolute Gasteiger partial charge is 0.264 e. The molecule has 2 heterocycles. The summed E-state index contributed by atoms with van der Waals surface area (Å²) in [6.45, 7) is 2.21. The number of carbonyl (C=O) groups excluding carboxylic acids is 1. The summed E-state index contributed by atoms with van der Waals surface area (Å²) in [6, 6.07) is 2.26. The van der Waals surface area contributed by atoms with Crippen molar-refractivity contribution in [2.24, 2.45) is 17.6 Å². The first-order chi connectivity index (χ1) is 9.20. The van der Waals surface area contributed by atoms with E-state index in [1.54, 1.807) is 7.11 Å². The molecule has 1 aromatic heterocycles. The summed E-state index contributed by atoms with van der Waals surface area (Å²) in [5.74, 6) is 1.28. The third-order valence-corrected chi connectivity index (χ3v) is 5.39. The monoisotopic (exact) mass is 316 g/mol. The molecule has 0 bridgehead atoms. The maximum atomic E-state index is 12.6. The minimum Gasteiger partial charge on any atom is -0.380 e. The summed E-state index contributed by atoms with van der Waals surface area (Å²) >= 11 is 1.51. The van der Waals surface area contributed by atoms with Crippen LogP contribution in [0.15, 0.2) is 11.4 Å². The molecule has 2 fully saturated rings. The van der Waals surface area contributed by atoms with Gasteiger partial charge in [0, 0.05) is 31.8 Å². The Morgan fingerprint density at radius 3 is 3.00 bits per heavy atom. The summed E-state index contributed by atoms with van der Waals surface area (Å²) in [7, 11) is 1.66. The lowest BCUT2D eigenvalue weighted by atomic mass is 9.98. The van der Waals surface area contributed by atoms with E-state index in [1.165, 1.54) is 17.8 Å². The third kappa shape index (κ3) is 2.72. The van der Waals surface area contributed by atoms with Crippen LogP contribution in [0.2, 0.25) is 0 Å². The quantitative estimate of drug-likeness (QED) is 0.929. The fourth-order valence-electron chi connectivity index (χ4n) is 3.41. The van der Waals surface area contributed by atoms with Crippen LogP contribution >= 0.6 is 23.7 Å². The van der Waals surface area contributed by atoms with E-state index in [0.29, 0.717) is 18.4 Å². The molecule has 1 amide bonds. The summed E-state index contributed by atoms with van der Waals surface area (Å²) in [6.07, 6.45) is 2.29. The second kappa shape index (κ2) is 6.43. The zero-order valence-corrected chi connectivity index (χ0v) is 13.2. The first-order valence-corrected chi connectivity index (χ1v) is 7.69. The second-order valence-electron chi connectivity index (χ2n) is 5.58. The number of methoxy groups -OCH3 is 1. The maximum absolute atomic E-state index is 12.6. The molecule has 1 aliphatic carbocycles. The molecule has 0 radical (unpaired) electrons. The molecule has 112 valence electrons. The van der Waals surface area contributed by atoms with Gasteiger partial charge in [0.1, 0.15) is 0 Å². The standard InChI is InChI=1S/C14H20N2O2S.ClH/c1-18-8-10-4-5-19-13(10)14(17)16-6-9-2-3-12(15)11(9)7-16;/h4-5,9,11-12H,2-3,6-8,15H2,1H3;1H. The van der Waals surface area contributed by atoms with Crippen molar-refractivity contribution in [3.8, 4) is 0 Å². The van der Waals surface area contributed by atoms with E-state index in [-0.39, 0.29) is 24.4 Å². The number of thiophene rings is 1. The highest BCUT2D eigenvalue weighted by atomic mass is 35.5. The van der Waals surface area contributed by atoms with Gasteiger partial charge in [0.15, 0.2) is 0 Å². The summed E-state index contributed by atoms with van der Waals surface area (Å²) in [5.41, 5.74) is 7.12. The number of halogens is 1. The lowest BCUT2D eigenvalue weighted by Gasteiger charge is -2.18. The number of fused-ring (bicyclic) bond motifs is 1. The zero-order valence-electron chi connectivity index (χ0n) is 11.6. The molecular weight excluding hydrogens is 296 g/mol. The molecule has 3 atom stereocenters. The lowest BCUT2D eigenvalue weighted by Crippen LogP contribution is -2.33. The van der Waals surface area contributed by atoms with Gasteiger partial charge in [-0.15, -0.1) is 23.7 Å². The molecule has 1 aromatic rings. The van der Waals surface area contributed by atoms with Gasteiger partial charge in [-0.05, 0) is 36.1 Å².